The van der Waals surface area contributed by atoms with E-state index in [1.165, 1.54) is 0 Å². The van der Waals surface area contributed by atoms with Gasteiger partial charge in [0.15, 0.2) is 11.6 Å². The summed E-state index contributed by atoms with van der Waals surface area (Å²) in [5.41, 5.74) is 0.810. The number of hydrogen-bond acceptors (Lipinski definition) is 6. The molecule has 0 atom stereocenters. The van der Waals surface area contributed by atoms with Crippen LogP contribution in [0.2, 0.25) is 0 Å². The summed E-state index contributed by atoms with van der Waals surface area (Å²) in [5.74, 6) is 1.23. The molecule has 0 bridgehead atoms. The van der Waals surface area contributed by atoms with Gasteiger partial charge in [0.2, 0.25) is 0 Å². The predicted molar refractivity (Wildman–Crippen MR) is 59.3 cm³/mol. The number of rotatable bonds is 3. The molecule has 2 heterocycles. The number of aromatic nitrogens is 1. The summed E-state index contributed by atoms with van der Waals surface area (Å²) in [5, 5.41) is 17.3. The molecule has 1 aromatic rings. The first kappa shape index (κ1) is 11.4. The van der Waals surface area contributed by atoms with Crippen molar-refractivity contribution in [2.75, 3.05) is 13.1 Å². The zero-order valence-electron chi connectivity index (χ0n) is 9.55. The van der Waals surface area contributed by atoms with E-state index in [-0.39, 0.29) is 0 Å². The van der Waals surface area contributed by atoms with Gasteiger partial charge in [-0.2, -0.15) is 0 Å². The van der Waals surface area contributed by atoms with Crippen molar-refractivity contribution in [3.63, 3.8) is 0 Å². The summed E-state index contributed by atoms with van der Waals surface area (Å²) >= 11 is 0. The summed E-state index contributed by atoms with van der Waals surface area (Å²) in [7, 11) is 0. The lowest BCUT2D eigenvalue weighted by molar-refractivity contribution is -0.405. The molecule has 1 aliphatic rings. The first-order valence-corrected chi connectivity index (χ1v) is 5.41. The Morgan fingerprint density at radius 1 is 1.76 bits per heavy atom. The molecule has 7 heteroatoms. The van der Waals surface area contributed by atoms with E-state index in [1.54, 1.807) is 0 Å². The minimum absolute atomic E-state index is 0.452. The second-order valence-corrected chi connectivity index (χ2v) is 3.94. The summed E-state index contributed by atoms with van der Waals surface area (Å²) < 4.78 is 5.10. The van der Waals surface area contributed by atoms with E-state index in [2.05, 4.69) is 10.5 Å². The maximum Gasteiger partial charge on any atom is 0.274 e. The fraction of sp³-hybridized carbons (Fsp3) is 0.500. The maximum absolute atomic E-state index is 10.5. The van der Waals surface area contributed by atoms with Crippen LogP contribution in [0.15, 0.2) is 22.6 Å². The molecule has 1 aromatic heterocycles. The molecule has 1 aliphatic heterocycles. The summed E-state index contributed by atoms with van der Waals surface area (Å²) in [6.45, 7) is 3.86. The van der Waals surface area contributed by atoms with E-state index in [0.717, 1.165) is 31.4 Å². The Hall–Kier alpha value is -2.05. The molecule has 2 rings (SSSR count). The van der Waals surface area contributed by atoms with E-state index in [0.29, 0.717) is 18.1 Å². The lowest BCUT2D eigenvalue weighted by Gasteiger charge is -2.29. The van der Waals surface area contributed by atoms with Gasteiger partial charge in [-0.3, -0.25) is 10.1 Å². The van der Waals surface area contributed by atoms with Crippen LogP contribution in [0, 0.1) is 17.0 Å². The first-order chi connectivity index (χ1) is 8.15. The van der Waals surface area contributed by atoms with Crippen LogP contribution in [0.25, 0.3) is 0 Å². The lowest BCUT2D eigenvalue weighted by atomic mass is 10.3. The molecule has 0 saturated carbocycles. The SMILES string of the molecule is Cc1cc(CN2CCCNC2=C[N+](=O)[O-])on1. The van der Waals surface area contributed by atoms with Crippen molar-refractivity contribution in [2.24, 2.45) is 0 Å². The second kappa shape index (κ2) is 4.86. The van der Waals surface area contributed by atoms with Gasteiger partial charge in [-0.1, -0.05) is 5.16 Å². The van der Waals surface area contributed by atoms with Crippen LogP contribution < -0.4 is 5.32 Å². The van der Waals surface area contributed by atoms with Crippen LogP contribution in [0.5, 0.6) is 0 Å². The quantitative estimate of drug-likeness (QED) is 0.621. The Labute approximate surface area is 98.2 Å². The van der Waals surface area contributed by atoms with Gasteiger partial charge in [-0.05, 0) is 13.3 Å². The number of nitro groups is 1. The van der Waals surface area contributed by atoms with Gasteiger partial charge in [0.25, 0.3) is 6.20 Å². The van der Waals surface area contributed by atoms with Crippen LogP contribution in [-0.4, -0.2) is 28.1 Å². The van der Waals surface area contributed by atoms with E-state index in [1.807, 2.05) is 17.9 Å². The third-order valence-corrected chi connectivity index (χ3v) is 2.50. The highest BCUT2D eigenvalue weighted by molar-refractivity contribution is 5.06. The highest BCUT2D eigenvalue weighted by Gasteiger charge is 2.19. The van der Waals surface area contributed by atoms with Crippen molar-refractivity contribution in [1.82, 2.24) is 15.4 Å². The molecule has 0 spiro atoms. The van der Waals surface area contributed by atoms with E-state index in [9.17, 15) is 10.1 Å². The van der Waals surface area contributed by atoms with Crippen molar-refractivity contribution in [3.05, 3.63) is 39.7 Å². The third kappa shape index (κ3) is 2.96. The highest BCUT2D eigenvalue weighted by atomic mass is 16.6. The molecule has 0 radical (unpaired) electrons. The van der Waals surface area contributed by atoms with Crippen molar-refractivity contribution < 1.29 is 9.45 Å². The van der Waals surface area contributed by atoms with Gasteiger partial charge < -0.3 is 14.7 Å². The Morgan fingerprint density at radius 3 is 3.24 bits per heavy atom. The molecule has 92 valence electrons. The van der Waals surface area contributed by atoms with Gasteiger partial charge in [0, 0.05) is 19.2 Å². The zero-order chi connectivity index (χ0) is 12.3. The highest BCUT2D eigenvalue weighted by Crippen LogP contribution is 2.14. The fourth-order valence-electron chi connectivity index (χ4n) is 1.79. The van der Waals surface area contributed by atoms with Gasteiger partial charge >= 0.3 is 0 Å². The smallest absolute Gasteiger partial charge is 0.274 e. The molecule has 0 aliphatic carbocycles. The molecule has 1 N–H and O–H groups in total. The largest absolute Gasteiger partial charge is 0.367 e. The number of hydrogen-bond donors (Lipinski definition) is 1. The molecule has 0 amide bonds. The molecule has 17 heavy (non-hydrogen) atoms. The van der Waals surface area contributed by atoms with E-state index >= 15 is 0 Å². The Bertz CT molecular complexity index is 441. The fourth-order valence-corrected chi connectivity index (χ4v) is 1.79. The topological polar surface area (TPSA) is 84.4 Å². The molecule has 0 unspecified atom stereocenters. The monoisotopic (exact) mass is 238 g/mol. The van der Waals surface area contributed by atoms with E-state index in [4.69, 9.17) is 4.52 Å². The van der Waals surface area contributed by atoms with Crippen LogP contribution in [-0.2, 0) is 6.54 Å². The molecule has 1 saturated heterocycles. The zero-order valence-corrected chi connectivity index (χ0v) is 9.55. The standard InChI is InChI=1S/C10H14N4O3/c1-8-5-9(17-12-8)6-13-4-2-3-11-10(13)7-14(15)16/h5,7,11H,2-4,6H2,1H3. The first-order valence-electron chi connectivity index (χ1n) is 5.41. The Morgan fingerprint density at radius 2 is 2.59 bits per heavy atom. The summed E-state index contributed by atoms with van der Waals surface area (Å²) in [6.07, 6.45) is 1.94. The van der Waals surface area contributed by atoms with Gasteiger partial charge in [-0.15, -0.1) is 0 Å². The van der Waals surface area contributed by atoms with Crippen LogP contribution >= 0.6 is 0 Å². The number of nitrogens with zero attached hydrogens (tertiary/aromatic N) is 3. The Balaban J connectivity index is 2.09. The van der Waals surface area contributed by atoms with E-state index < -0.39 is 4.92 Å². The van der Waals surface area contributed by atoms with Crippen molar-refractivity contribution in [1.29, 1.82) is 0 Å². The number of aryl methyl sites for hydroxylation is 1. The summed E-state index contributed by atoms with van der Waals surface area (Å²) in [4.78, 5) is 11.9. The van der Waals surface area contributed by atoms with Gasteiger partial charge in [-0.25, -0.2) is 0 Å². The molecular formula is C10H14N4O3. The average Bonchev–Trinajstić information content (AvgIpc) is 2.66. The molecule has 1 fully saturated rings. The Kier molecular flexibility index (Phi) is 3.27. The summed E-state index contributed by atoms with van der Waals surface area (Å²) in [6, 6.07) is 1.83. The average molecular weight is 238 g/mol. The normalized spacial score (nSPS) is 18.2. The predicted octanol–water partition coefficient (Wildman–Crippen LogP) is 0.854. The van der Waals surface area contributed by atoms with Crippen molar-refractivity contribution in [3.8, 4) is 0 Å². The molecule has 7 nitrogen and oxygen atoms in total. The van der Waals surface area contributed by atoms with Crippen molar-refractivity contribution in [2.45, 2.75) is 19.9 Å². The third-order valence-electron chi connectivity index (χ3n) is 2.50. The van der Waals surface area contributed by atoms with Crippen LogP contribution in [0.1, 0.15) is 17.9 Å². The van der Waals surface area contributed by atoms with Crippen LogP contribution in [0.3, 0.4) is 0 Å². The second-order valence-electron chi connectivity index (χ2n) is 3.94. The molecular weight excluding hydrogens is 224 g/mol. The molecule has 0 aromatic carbocycles. The lowest BCUT2D eigenvalue weighted by Crippen LogP contribution is -2.39. The van der Waals surface area contributed by atoms with Crippen molar-refractivity contribution >= 4 is 0 Å². The van der Waals surface area contributed by atoms with Gasteiger partial charge in [0.1, 0.15) is 0 Å². The van der Waals surface area contributed by atoms with Gasteiger partial charge in [0.05, 0.1) is 17.2 Å². The maximum atomic E-state index is 10.5. The minimum atomic E-state index is -0.452. The van der Waals surface area contributed by atoms with Crippen LogP contribution in [0.4, 0.5) is 0 Å². The number of nitrogens with one attached hydrogen (secondary N) is 1. The minimum Gasteiger partial charge on any atom is -0.367 e.